The Labute approximate surface area is 289 Å². The number of carbonyl (C=O) groups is 1. The summed E-state index contributed by atoms with van der Waals surface area (Å²) in [6, 6.07) is 0.177. The van der Waals surface area contributed by atoms with Gasteiger partial charge in [0.15, 0.2) is 17.5 Å². The molecule has 1 aromatic carbocycles. The van der Waals surface area contributed by atoms with Crippen molar-refractivity contribution in [3.8, 4) is 22.5 Å². The fourth-order valence-electron chi connectivity index (χ4n) is 5.91. The van der Waals surface area contributed by atoms with E-state index in [1.54, 1.807) is 0 Å². The quantitative estimate of drug-likeness (QED) is 0.150. The molecule has 2 aliphatic heterocycles. The van der Waals surface area contributed by atoms with E-state index >= 15 is 0 Å². The molecule has 2 fully saturated rings. The van der Waals surface area contributed by atoms with Crippen molar-refractivity contribution < 1.29 is 55.2 Å². The van der Waals surface area contributed by atoms with E-state index in [0.29, 0.717) is 0 Å². The van der Waals surface area contributed by atoms with Crippen LogP contribution in [-0.4, -0.2) is 107 Å². The zero-order chi connectivity index (χ0) is 36.6. The molecule has 1 N–H and O–H groups in total. The lowest BCUT2D eigenvalue weighted by atomic mass is 9.89. The molecule has 5 heterocycles. The Morgan fingerprint density at radius 3 is 2.27 bits per heavy atom. The zero-order valence-corrected chi connectivity index (χ0v) is 27.8. The smallest absolute Gasteiger partial charge is 0.451 e. The van der Waals surface area contributed by atoms with Gasteiger partial charge >= 0.3 is 12.1 Å². The van der Waals surface area contributed by atoms with Crippen LogP contribution in [0.15, 0.2) is 36.9 Å². The average Bonchev–Trinajstić information content (AvgIpc) is 3.78. The zero-order valence-electron chi connectivity index (χ0n) is 26.9. The average molecular weight is 745 g/mol. The normalized spacial score (nSPS) is 27.0. The number of ether oxygens (including phenoxy) is 4. The van der Waals surface area contributed by atoms with E-state index in [-0.39, 0.29) is 42.3 Å². The van der Waals surface area contributed by atoms with Crippen LogP contribution < -0.4 is 0 Å². The molecule has 0 aliphatic carbocycles. The van der Waals surface area contributed by atoms with Crippen molar-refractivity contribution in [2.45, 2.75) is 61.1 Å². The molecule has 274 valence electrons. The van der Waals surface area contributed by atoms with E-state index in [0.717, 1.165) is 24.5 Å². The minimum absolute atomic E-state index is 0.0326. The Morgan fingerprint density at radius 2 is 1.65 bits per heavy atom. The van der Waals surface area contributed by atoms with E-state index in [1.807, 2.05) is 6.92 Å². The molecule has 2 saturated heterocycles. The maximum absolute atomic E-state index is 14.0. The number of halogens is 6. The summed E-state index contributed by atoms with van der Waals surface area (Å²) in [5.74, 6) is -6.69. The summed E-state index contributed by atoms with van der Waals surface area (Å²) in [6.45, 7) is 3.03. The molecular formula is C30H30F6N8O6S. The van der Waals surface area contributed by atoms with E-state index in [4.69, 9.17) is 18.9 Å². The molecule has 14 nitrogen and oxygen atoms in total. The predicted molar refractivity (Wildman–Crippen MR) is 163 cm³/mol. The number of rotatable bonds is 9. The molecule has 3 aromatic heterocycles. The molecule has 4 aromatic rings. The van der Waals surface area contributed by atoms with E-state index in [1.165, 1.54) is 47.6 Å². The Balaban J connectivity index is 1.23. The van der Waals surface area contributed by atoms with Crippen molar-refractivity contribution in [1.82, 2.24) is 40.0 Å². The number of benzene rings is 1. The highest BCUT2D eigenvalue weighted by Crippen LogP contribution is 2.43. The molecule has 0 bridgehead atoms. The maximum atomic E-state index is 14.0. The molecule has 6 rings (SSSR count). The van der Waals surface area contributed by atoms with Crippen LogP contribution in [0.5, 0.6) is 0 Å². The van der Waals surface area contributed by atoms with Crippen molar-refractivity contribution in [3.05, 3.63) is 60.2 Å². The first-order chi connectivity index (χ1) is 24.2. The second-order valence-electron chi connectivity index (χ2n) is 11.9. The molecule has 51 heavy (non-hydrogen) atoms. The summed E-state index contributed by atoms with van der Waals surface area (Å²) in [5.41, 5.74) is -0.484. The molecule has 0 spiro atoms. The molecule has 8 atom stereocenters. The van der Waals surface area contributed by atoms with Crippen molar-refractivity contribution in [2.75, 3.05) is 26.9 Å². The molecule has 0 radical (unpaired) electrons. The van der Waals surface area contributed by atoms with Crippen molar-refractivity contribution in [2.24, 2.45) is 5.92 Å². The summed E-state index contributed by atoms with van der Waals surface area (Å²) >= 11 is 1.18. The first-order valence-electron chi connectivity index (χ1n) is 15.4. The van der Waals surface area contributed by atoms with Gasteiger partial charge in [-0.2, -0.15) is 13.2 Å². The van der Waals surface area contributed by atoms with Crippen LogP contribution in [0.25, 0.3) is 22.5 Å². The van der Waals surface area contributed by atoms with Gasteiger partial charge in [-0.1, -0.05) is 17.4 Å². The SMILES string of the molecule is COC1C(SC2COCC(n3cc(-c4cnc(C(F)(F)F)nc4)nn3)C2O)OC(COC(C)=O)C(C)C1n1cc(-c2cc(F)c(F)c(F)c2)nn1. The Bertz CT molecular complexity index is 1820. The highest BCUT2D eigenvalue weighted by atomic mass is 32.2. The molecular weight excluding hydrogens is 714 g/mol. The first-order valence-corrected chi connectivity index (χ1v) is 16.3. The number of thioether (sulfide) groups is 1. The third kappa shape index (κ3) is 7.71. The molecule has 0 amide bonds. The number of aliphatic hydroxyl groups is 1. The Morgan fingerprint density at radius 1 is 1.02 bits per heavy atom. The predicted octanol–water partition coefficient (Wildman–Crippen LogP) is 3.64. The molecule has 2 aliphatic rings. The van der Waals surface area contributed by atoms with Gasteiger partial charge < -0.3 is 24.1 Å². The fraction of sp³-hybridized carbons (Fsp3) is 0.500. The van der Waals surface area contributed by atoms with Gasteiger partial charge in [0.1, 0.15) is 35.6 Å². The largest absolute Gasteiger partial charge is 0.463 e. The first kappa shape index (κ1) is 36.6. The number of carbonyl (C=O) groups excluding carboxylic acids is 1. The number of hydrogen-bond donors (Lipinski definition) is 1. The van der Waals surface area contributed by atoms with Crippen molar-refractivity contribution in [1.29, 1.82) is 0 Å². The standard InChI is InChI=1S/C30H30F6N8O6S/c1-13-22(11-49-14(2)45)50-28(27(47-3)25(13)44-9-19(39-42-44)15-4-17(31)24(33)18(32)5-15)51-23-12-48-10-21(26(23)46)43-8-20(40-41-43)16-6-37-29(38-7-16)30(34,35)36/h4-9,13,21-23,25-28,46H,10-12H2,1-3H3. The van der Waals surface area contributed by atoms with Crippen LogP contribution in [0, 0.1) is 23.4 Å². The van der Waals surface area contributed by atoms with Gasteiger partial charge in [0.05, 0.1) is 49.1 Å². The monoisotopic (exact) mass is 744 g/mol. The van der Waals surface area contributed by atoms with Gasteiger partial charge in [-0.25, -0.2) is 32.5 Å². The molecule has 21 heteroatoms. The lowest BCUT2D eigenvalue weighted by Crippen LogP contribution is -2.54. The minimum Gasteiger partial charge on any atom is -0.463 e. The third-order valence-corrected chi connectivity index (χ3v) is 9.98. The van der Waals surface area contributed by atoms with Crippen LogP contribution in [0.4, 0.5) is 26.3 Å². The van der Waals surface area contributed by atoms with Gasteiger partial charge in [-0.15, -0.1) is 22.0 Å². The second kappa shape index (κ2) is 14.8. The highest BCUT2D eigenvalue weighted by Gasteiger charge is 2.49. The lowest BCUT2D eigenvalue weighted by molar-refractivity contribution is -0.172. The number of methoxy groups -OCH3 is 1. The third-order valence-electron chi connectivity index (χ3n) is 8.56. The minimum atomic E-state index is -4.71. The second-order valence-corrected chi connectivity index (χ2v) is 13.2. The lowest BCUT2D eigenvalue weighted by Gasteiger charge is -2.46. The molecule has 8 unspecified atom stereocenters. The number of aliphatic hydroxyl groups excluding tert-OH is 1. The van der Waals surface area contributed by atoms with Gasteiger partial charge in [0, 0.05) is 43.5 Å². The Hall–Kier alpha value is -4.18. The van der Waals surface area contributed by atoms with E-state index in [9.17, 15) is 36.2 Å². The summed E-state index contributed by atoms with van der Waals surface area (Å²) < 4.78 is 107. The van der Waals surface area contributed by atoms with Crippen molar-refractivity contribution >= 4 is 17.7 Å². The summed E-state index contributed by atoms with van der Waals surface area (Å²) in [4.78, 5) is 18.4. The number of alkyl halides is 3. The van der Waals surface area contributed by atoms with Crippen LogP contribution in [0.1, 0.15) is 31.8 Å². The maximum Gasteiger partial charge on any atom is 0.451 e. The fourth-order valence-corrected chi connectivity index (χ4v) is 7.40. The highest BCUT2D eigenvalue weighted by molar-refractivity contribution is 8.00. The molecule has 0 saturated carbocycles. The van der Waals surface area contributed by atoms with Gasteiger partial charge in [0.2, 0.25) is 5.82 Å². The number of aromatic nitrogens is 8. The van der Waals surface area contributed by atoms with Crippen molar-refractivity contribution in [3.63, 3.8) is 0 Å². The summed E-state index contributed by atoms with van der Waals surface area (Å²) in [7, 11) is 1.44. The van der Waals surface area contributed by atoms with Crippen LogP contribution in [0.2, 0.25) is 0 Å². The number of hydrogen-bond acceptors (Lipinski definition) is 13. The van der Waals surface area contributed by atoms with Gasteiger partial charge in [0.25, 0.3) is 0 Å². The topological polar surface area (TPSA) is 161 Å². The van der Waals surface area contributed by atoms with Crippen LogP contribution >= 0.6 is 11.8 Å². The van der Waals surface area contributed by atoms with Crippen LogP contribution in [-0.2, 0) is 29.9 Å². The van der Waals surface area contributed by atoms with E-state index < -0.39 is 82.4 Å². The summed E-state index contributed by atoms with van der Waals surface area (Å²) in [5, 5.41) is 27.2. The summed E-state index contributed by atoms with van der Waals surface area (Å²) in [6.07, 6.45) is -2.50. The number of nitrogens with zero attached hydrogens (tertiary/aromatic N) is 8. The van der Waals surface area contributed by atoms with Crippen LogP contribution in [0.3, 0.4) is 0 Å². The van der Waals surface area contributed by atoms with E-state index in [2.05, 4.69) is 30.6 Å². The number of esters is 1. The van der Waals surface area contributed by atoms with Gasteiger partial charge in [-0.3, -0.25) is 4.79 Å². The van der Waals surface area contributed by atoms with Gasteiger partial charge in [-0.05, 0) is 12.1 Å². The Kier molecular flexibility index (Phi) is 10.6.